The van der Waals surface area contributed by atoms with Crippen LogP contribution in [0.25, 0.3) is 0 Å². The summed E-state index contributed by atoms with van der Waals surface area (Å²) in [6, 6.07) is 5.55. The predicted molar refractivity (Wildman–Crippen MR) is 89.7 cm³/mol. The van der Waals surface area contributed by atoms with Gasteiger partial charge in [0, 0.05) is 12.5 Å². The highest BCUT2D eigenvalue weighted by Gasteiger charge is 2.22. The van der Waals surface area contributed by atoms with Crippen LogP contribution in [0, 0.1) is 0 Å². The number of ether oxygens (including phenoxy) is 1. The van der Waals surface area contributed by atoms with Gasteiger partial charge in [-0.15, -0.1) is 0 Å². The first-order chi connectivity index (χ1) is 12.8. The molecule has 0 aliphatic rings. The van der Waals surface area contributed by atoms with E-state index in [1.165, 1.54) is 41.2 Å². The van der Waals surface area contributed by atoms with E-state index in [1.54, 1.807) is 6.07 Å². The van der Waals surface area contributed by atoms with E-state index in [2.05, 4.69) is 5.32 Å². The molecule has 10 heteroatoms. The number of nitrogens with one attached hydrogen (secondary N) is 1. The molecule has 0 aliphatic heterocycles. The Morgan fingerprint density at radius 2 is 1.93 bits per heavy atom. The van der Waals surface area contributed by atoms with E-state index in [-0.39, 0.29) is 24.5 Å². The molecule has 0 spiro atoms. The molecule has 1 unspecified atom stereocenters. The molecule has 1 atom stereocenters. The van der Waals surface area contributed by atoms with E-state index in [4.69, 9.17) is 10.5 Å². The maximum Gasteiger partial charge on any atom is 0.412 e. The van der Waals surface area contributed by atoms with Gasteiger partial charge in [0.15, 0.2) is 23.9 Å². The number of carboxylic acids is 1. The Labute approximate surface area is 153 Å². The Morgan fingerprint density at radius 3 is 2.56 bits per heavy atom. The number of hydrogen-bond acceptors (Lipinski definition) is 6. The molecule has 142 valence electrons. The molecular formula is C17H18N3O7+. The van der Waals surface area contributed by atoms with E-state index in [0.29, 0.717) is 5.56 Å². The molecule has 1 aromatic heterocycles. The molecule has 0 radical (unpaired) electrons. The van der Waals surface area contributed by atoms with Crippen LogP contribution in [0.4, 0.5) is 4.79 Å². The van der Waals surface area contributed by atoms with Crippen LogP contribution >= 0.6 is 0 Å². The highest BCUT2D eigenvalue weighted by molar-refractivity contribution is 5.92. The number of carbonyl (C=O) groups is 3. The number of alkyl carbamates (subject to hydrolysis) is 1. The van der Waals surface area contributed by atoms with E-state index < -0.39 is 29.8 Å². The second-order valence-corrected chi connectivity index (χ2v) is 5.59. The minimum atomic E-state index is -1.32. The van der Waals surface area contributed by atoms with Gasteiger partial charge in [0.25, 0.3) is 12.6 Å². The van der Waals surface area contributed by atoms with E-state index in [0.717, 1.165) is 0 Å². The second kappa shape index (κ2) is 8.52. The summed E-state index contributed by atoms with van der Waals surface area (Å²) < 4.78 is 6.31. The predicted octanol–water partition coefficient (Wildman–Crippen LogP) is -0.136. The van der Waals surface area contributed by atoms with Gasteiger partial charge in [0.2, 0.25) is 0 Å². The van der Waals surface area contributed by atoms with Crippen LogP contribution in [0.15, 0.2) is 42.7 Å². The molecule has 2 amide bonds. The third kappa shape index (κ3) is 5.59. The van der Waals surface area contributed by atoms with Crippen molar-refractivity contribution in [2.45, 2.75) is 19.2 Å². The molecule has 10 nitrogen and oxygen atoms in total. The Balaban J connectivity index is 1.96. The van der Waals surface area contributed by atoms with E-state index >= 15 is 0 Å². The molecule has 27 heavy (non-hydrogen) atoms. The number of pyridine rings is 1. The molecule has 1 aromatic carbocycles. The van der Waals surface area contributed by atoms with Crippen molar-refractivity contribution in [1.82, 2.24) is 5.32 Å². The van der Waals surface area contributed by atoms with Crippen LogP contribution in [0.2, 0.25) is 0 Å². The van der Waals surface area contributed by atoms with Crippen LogP contribution < -0.4 is 15.6 Å². The summed E-state index contributed by atoms with van der Waals surface area (Å²) in [5.41, 5.74) is 5.77. The Bertz CT molecular complexity index is 869. The van der Waals surface area contributed by atoms with Gasteiger partial charge in [-0.3, -0.25) is 4.79 Å². The number of phenolic OH excluding ortho intramolecular Hbond substituents is 2. The summed E-state index contributed by atoms with van der Waals surface area (Å²) in [6.45, 7) is -0.265. The number of carboxylic acid groups (broad SMARTS) is 1. The highest BCUT2D eigenvalue weighted by Crippen LogP contribution is 2.25. The Kier molecular flexibility index (Phi) is 6.15. The van der Waals surface area contributed by atoms with Crippen LogP contribution in [-0.2, 0) is 22.7 Å². The molecular weight excluding hydrogens is 358 g/mol. The van der Waals surface area contributed by atoms with Crippen LogP contribution in [0.1, 0.15) is 15.9 Å². The van der Waals surface area contributed by atoms with Gasteiger partial charge in [-0.05, 0) is 23.8 Å². The van der Waals surface area contributed by atoms with Gasteiger partial charge in [-0.2, -0.15) is 4.57 Å². The Hall–Kier alpha value is -3.82. The first-order valence-corrected chi connectivity index (χ1v) is 7.72. The first-order valence-electron chi connectivity index (χ1n) is 7.72. The average Bonchev–Trinajstić information content (AvgIpc) is 2.62. The molecule has 0 saturated heterocycles. The van der Waals surface area contributed by atoms with Crippen molar-refractivity contribution in [3.63, 3.8) is 0 Å². The third-order valence-corrected chi connectivity index (χ3v) is 3.56. The Morgan fingerprint density at radius 1 is 1.19 bits per heavy atom. The summed E-state index contributed by atoms with van der Waals surface area (Å²) in [7, 11) is 0. The third-order valence-electron chi connectivity index (χ3n) is 3.56. The summed E-state index contributed by atoms with van der Waals surface area (Å²) in [5, 5.41) is 30.2. The molecule has 0 bridgehead atoms. The van der Waals surface area contributed by atoms with Gasteiger partial charge in [-0.1, -0.05) is 6.07 Å². The maximum atomic E-state index is 11.9. The number of carbonyl (C=O) groups excluding carboxylic acids is 2. The minimum Gasteiger partial charge on any atom is -0.504 e. The molecule has 1 heterocycles. The fraction of sp³-hybridized carbons (Fsp3) is 0.176. The number of nitrogens with zero attached hydrogens (tertiary/aromatic N) is 1. The molecule has 2 aromatic rings. The van der Waals surface area contributed by atoms with Crippen molar-refractivity contribution >= 4 is 18.0 Å². The topological polar surface area (TPSA) is 163 Å². The second-order valence-electron chi connectivity index (χ2n) is 5.59. The molecule has 6 N–H and O–H groups in total. The number of amides is 2. The normalized spacial score (nSPS) is 11.4. The molecule has 0 saturated carbocycles. The minimum absolute atomic E-state index is 0.136. The number of benzene rings is 1. The standard InChI is InChI=1S/C17H17N3O7/c18-15(23)11-2-1-5-20(8-11)9-27-17(26)19-12(16(24)25)6-10-3-4-13(21)14(22)7-10/h1-5,7-8,12H,6,9H2,(H5-,18,19,21,22,23,24,25,26)/p+1. The first kappa shape index (κ1) is 19.5. The SMILES string of the molecule is NC(=O)c1ccc[n+](COC(=O)NC(Cc2ccc(O)c(O)c2)C(=O)O)c1. The lowest BCUT2D eigenvalue weighted by atomic mass is 10.1. The summed E-state index contributed by atoms with van der Waals surface area (Å²) >= 11 is 0. The maximum absolute atomic E-state index is 11.9. The number of aromatic nitrogens is 1. The van der Waals surface area contributed by atoms with Crippen molar-refractivity contribution in [3.05, 3.63) is 53.9 Å². The zero-order valence-corrected chi connectivity index (χ0v) is 14.0. The van der Waals surface area contributed by atoms with Gasteiger partial charge >= 0.3 is 12.1 Å². The quantitative estimate of drug-likeness (QED) is 0.332. The van der Waals surface area contributed by atoms with Crippen molar-refractivity contribution in [2.75, 3.05) is 0 Å². The number of aliphatic carboxylic acids is 1. The summed E-state index contributed by atoms with van der Waals surface area (Å²) in [6.07, 6.45) is 1.79. The fourth-order valence-electron chi connectivity index (χ4n) is 2.20. The number of aromatic hydroxyl groups is 2. The summed E-state index contributed by atoms with van der Waals surface area (Å²) in [4.78, 5) is 34.3. The van der Waals surface area contributed by atoms with Gasteiger partial charge < -0.3 is 31.1 Å². The van der Waals surface area contributed by atoms with Gasteiger partial charge in [0.1, 0.15) is 11.6 Å². The lowest BCUT2D eigenvalue weighted by molar-refractivity contribution is -0.727. The van der Waals surface area contributed by atoms with Crippen molar-refractivity contribution in [2.24, 2.45) is 5.73 Å². The van der Waals surface area contributed by atoms with Gasteiger partial charge in [0.05, 0.1) is 0 Å². The van der Waals surface area contributed by atoms with E-state index in [1.807, 2.05) is 0 Å². The molecule has 2 rings (SSSR count). The summed E-state index contributed by atoms with van der Waals surface area (Å²) in [5.74, 6) is -2.68. The van der Waals surface area contributed by atoms with Crippen molar-refractivity contribution in [1.29, 1.82) is 0 Å². The van der Waals surface area contributed by atoms with Crippen LogP contribution in [0.5, 0.6) is 11.5 Å². The number of rotatable bonds is 7. The van der Waals surface area contributed by atoms with E-state index in [9.17, 15) is 29.7 Å². The highest BCUT2D eigenvalue weighted by atomic mass is 16.6. The lowest BCUT2D eigenvalue weighted by Gasteiger charge is -2.14. The van der Waals surface area contributed by atoms with Crippen molar-refractivity contribution < 1.29 is 39.0 Å². The smallest absolute Gasteiger partial charge is 0.412 e. The number of hydrogen-bond donors (Lipinski definition) is 5. The monoisotopic (exact) mass is 376 g/mol. The largest absolute Gasteiger partial charge is 0.504 e. The fourth-order valence-corrected chi connectivity index (χ4v) is 2.20. The number of primary amides is 1. The van der Waals surface area contributed by atoms with Gasteiger partial charge in [-0.25, -0.2) is 9.59 Å². The average molecular weight is 376 g/mol. The zero-order valence-electron chi connectivity index (χ0n) is 14.0. The van der Waals surface area contributed by atoms with Crippen molar-refractivity contribution in [3.8, 4) is 11.5 Å². The number of nitrogens with two attached hydrogens (primary N) is 1. The van der Waals surface area contributed by atoms with Crippen LogP contribution in [0.3, 0.4) is 0 Å². The number of phenols is 2. The zero-order chi connectivity index (χ0) is 20.0. The lowest BCUT2D eigenvalue weighted by Crippen LogP contribution is -2.45. The molecule has 0 fully saturated rings. The molecule has 0 aliphatic carbocycles. The van der Waals surface area contributed by atoms with Crippen LogP contribution in [-0.4, -0.2) is 39.3 Å².